The van der Waals surface area contributed by atoms with Crippen LogP contribution < -0.4 is 9.47 Å². The number of halogens is 1. The molecule has 25 heavy (non-hydrogen) atoms. The third-order valence-electron chi connectivity index (χ3n) is 4.60. The maximum atomic E-state index is 6.54. The molecule has 0 spiro atoms. The van der Waals surface area contributed by atoms with Gasteiger partial charge in [-0.1, -0.05) is 23.7 Å². The Labute approximate surface area is 158 Å². The number of rotatable bonds is 6. The molecule has 1 fully saturated rings. The van der Waals surface area contributed by atoms with Crippen LogP contribution in [0.3, 0.4) is 0 Å². The molecule has 0 saturated carbocycles. The maximum absolute atomic E-state index is 6.54. The maximum Gasteiger partial charge on any atom is 0.179 e. The fourth-order valence-corrected chi connectivity index (χ4v) is 4.30. The summed E-state index contributed by atoms with van der Waals surface area (Å²) in [6.45, 7) is 6.27. The smallest absolute Gasteiger partial charge is 0.179 e. The monoisotopic (exact) mass is 380 g/mol. The number of hydrogen-bond acceptors (Lipinski definition) is 5. The molecule has 3 rings (SSSR count). The largest absolute Gasteiger partial charge is 0.493 e. The van der Waals surface area contributed by atoms with E-state index in [2.05, 4.69) is 27.3 Å². The molecule has 6 heteroatoms. The zero-order chi connectivity index (χ0) is 17.6. The van der Waals surface area contributed by atoms with Crippen molar-refractivity contribution in [2.45, 2.75) is 19.5 Å². The quantitative estimate of drug-likeness (QED) is 0.752. The second-order valence-electron chi connectivity index (χ2n) is 6.26. The Balaban J connectivity index is 1.62. The van der Waals surface area contributed by atoms with E-state index < -0.39 is 0 Å². The van der Waals surface area contributed by atoms with E-state index >= 15 is 0 Å². The standard InChI is InChI=1S/C19H25ClN2O2S/c1-23-17-7-6-15(18(20)19(17)24-2)13-21-8-4-9-22(11-10-21)14-16-5-3-12-25-16/h3,5-7,12H,4,8-11,13-14H2,1-2H3. The molecule has 0 bridgehead atoms. The first-order valence-corrected chi connectivity index (χ1v) is 9.83. The van der Waals surface area contributed by atoms with Gasteiger partial charge < -0.3 is 9.47 Å². The molecule has 1 aromatic heterocycles. The molecular weight excluding hydrogens is 356 g/mol. The van der Waals surface area contributed by atoms with Gasteiger partial charge in [0.2, 0.25) is 0 Å². The van der Waals surface area contributed by atoms with E-state index in [-0.39, 0.29) is 0 Å². The van der Waals surface area contributed by atoms with Crippen molar-refractivity contribution >= 4 is 22.9 Å². The Morgan fingerprint density at radius 2 is 1.76 bits per heavy atom. The van der Waals surface area contributed by atoms with Gasteiger partial charge in [-0.25, -0.2) is 0 Å². The third-order valence-corrected chi connectivity index (χ3v) is 5.88. The molecule has 1 aliphatic rings. The van der Waals surface area contributed by atoms with Gasteiger partial charge in [-0.3, -0.25) is 9.80 Å². The van der Waals surface area contributed by atoms with Crippen LogP contribution in [0.25, 0.3) is 0 Å². The van der Waals surface area contributed by atoms with E-state index in [0.717, 1.165) is 44.8 Å². The van der Waals surface area contributed by atoms with Gasteiger partial charge in [0, 0.05) is 31.1 Å². The minimum atomic E-state index is 0.621. The normalized spacial score (nSPS) is 16.6. The van der Waals surface area contributed by atoms with Crippen LogP contribution in [0.4, 0.5) is 0 Å². The Hall–Kier alpha value is -1.27. The van der Waals surface area contributed by atoms with Gasteiger partial charge >= 0.3 is 0 Å². The molecule has 0 aliphatic carbocycles. The van der Waals surface area contributed by atoms with Gasteiger partial charge in [-0.2, -0.15) is 0 Å². The van der Waals surface area contributed by atoms with E-state index in [1.807, 2.05) is 23.5 Å². The van der Waals surface area contributed by atoms with Gasteiger partial charge in [0.05, 0.1) is 19.2 Å². The van der Waals surface area contributed by atoms with E-state index in [9.17, 15) is 0 Å². The fourth-order valence-electron chi connectivity index (χ4n) is 3.26. The summed E-state index contributed by atoms with van der Waals surface area (Å²) in [5.41, 5.74) is 1.09. The van der Waals surface area contributed by atoms with Crippen molar-refractivity contribution in [3.8, 4) is 11.5 Å². The number of benzene rings is 1. The summed E-state index contributed by atoms with van der Waals surface area (Å²) >= 11 is 8.37. The van der Waals surface area contributed by atoms with Gasteiger partial charge in [-0.15, -0.1) is 11.3 Å². The highest BCUT2D eigenvalue weighted by molar-refractivity contribution is 7.09. The van der Waals surface area contributed by atoms with E-state index in [1.54, 1.807) is 14.2 Å². The first-order valence-electron chi connectivity index (χ1n) is 8.57. The zero-order valence-electron chi connectivity index (χ0n) is 14.8. The van der Waals surface area contributed by atoms with Crippen molar-refractivity contribution in [1.82, 2.24) is 9.80 Å². The number of thiophene rings is 1. The Morgan fingerprint density at radius 3 is 2.40 bits per heavy atom. The van der Waals surface area contributed by atoms with Crippen LogP contribution in [-0.4, -0.2) is 50.2 Å². The summed E-state index contributed by atoms with van der Waals surface area (Å²) in [4.78, 5) is 6.46. The summed E-state index contributed by atoms with van der Waals surface area (Å²) in [5.74, 6) is 1.30. The molecule has 2 aromatic rings. The highest BCUT2D eigenvalue weighted by Gasteiger charge is 2.19. The molecule has 2 heterocycles. The molecule has 0 atom stereocenters. The molecular formula is C19H25ClN2O2S. The van der Waals surface area contributed by atoms with Crippen LogP contribution >= 0.6 is 22.9 Å². The van der Waals surface area contributed by atoms with Gasteiger partial charge in [0.1, 0.15) is 0 Å². The van der Waals surface area contributed by atoms with E-state index in [0.29, 0.717) is 16.5 Å². The first-order chi connectivity index (χ1) is 12.2. The van der Waals surface area contributed by atoms with Gasteiger partial charge in [-0.05, 0) is 42.6 Å². The lowest BCUT2D eigenvalue weighted by molar-refractivity contribution is 0.248. The van der Waals surface area contributed by atoms with Crippen LogP contribution in [0.5, 0.6) is 11.5 Å². The number of ether oxygens (including phenoxy) is 2. The minimum absolute atomic E-state index is 0.621. The predicted octanol–water partition coefficient (Wildman–Crippen LogP) is 4.13. The highest BCUT2D eigenvalue weighted by atomic mass is 35.5. The lowest BCUT2D eigenvalue weighted by Gasteiger charge is -2.22. The average Bonchev–Trinajstić information content (AvgIpc) is 3.03. The number of hydrogen-bond donors (Lipinski definition) is 0. The number of methoxy groups -OCH3 is 2. The minimum Gasteiger partial charge on any atom is -0.493 e. The van der Waals surface area contributed by atoms with Crippen molar-refractivity contribution in [3.05, 3.63) is 45.1 Å². The van der Waals surface area contributed by atoms with E-state index in [1.165, 1.54) is 11.3 Å². The molecule has 1 saturated heterocycles. The van der Waals surface area contributed by atoms with Crippen LogP contribution in [0.15, 0.2) is 29.6 Å². The van der Waals surface area contributed by atoms with Gasteiger partial charge in [0.15, 0.2) is 11.5 Å². The summed E-state index contributed by atoms with van der Waals surface area (Å²) in [6.07, 6.45) is 1.18. The molecule has 0 N–H and O–H groups in total. The summed E-state index contributed by atoms with van der Waals surface area (Å²) in [6, 6.07) is 8.32. The van der Waals surface area contributed by atoms with Crippen LogP contribution in [0.1, 0.15) is 16.9 Å². The summed E-state index contributed by atoms with van der Waals surface area (Å²) in [5, 5.41) is 2.81. The van der Waals surface area contributed by atoms with E-state index in [4.69, 9.17) is 21.1 Å². The van der Waals surface area contributed by atoms with Crippen molar-refractivity contribution < 1.29 is 9.47 Å². The highest BCUT2D eigenvalue weighted by Crippen LogP contribution is 2.37. The first kappa shape index (κ1) is 18.5. The van der Waals surface area contributed by atoms with Crippen molar-refractivity contribution in [1.29, 1.82) is 0 Å². The lowest BCUT2D eigenvalue weighted by Crippen LogP contribution is -2.30. The second-order valence-corrected chi connectivity index (χ2v) is 7.67. The van der Waals surface area contributed by atoms with Gasteiger partial charge in [0.25, 0.3) is 0 Å². The summed E-state index contributed by atoms with van der Waals surface area (Å²) < 4.78 is 10.7. The molecule has 136 valence electrons. The molecule has 4 nitrogen and oxygen atoms in total. The predicted molar refractivity (Wildman–Crippen MR) is 104 cm³/mol. The lowest BCUT2D eigenvalue weighted by atomic mass is 10.1. The Bertz CT molecular complexity index is 678. The fraction of sp³-hybridized carbons (Fsp3) is 0.474. The topological polar surface area (TPSA) is 24.9 Å². The van der Waals surface area contributed by atoms with Crippen LogP contribution in [-0.2, 0) is 13.1 Å². The molecule has 0 radical (unpaired) electrons. The Morgan fingerprint density at radius 1 is 1.00 bits per heavy atom. The SMILES string of the molecule is COc1ccc(CN2CCCN(Cc3cccs3)CC2)c(Cl)c1OC. The third kappa shape index (κ3) is 4.67. The summed E-state index contributed by atoms with van der Waals surface area (Å²) in [7, 11) is 3.26. The Kier molecular flexibility index (Phi) is 6.59. The molecule has 1 aliphatic heterocycles. The number of nitrogens with zero attached hydrogens (tertiary/aromatic N) is 2. The van der Waals surface area contributed by atoms with Crippen LogP contribution in [0, 0.1) is 0 Å². The van der Waals surface area contributed by atoms with Crippen molar-refractivity contribution in [2.24, 2.45) is 0 Å². The van der Waals surface area contributed by atoms with Crippen molar-refractivity contribution in [2.75, 3.05) is 40.4 Å². The molecule has 1 aromatic carbocycles. The van der Waals surface area contributed by atoms with Crippen LogP contribution in [0.2, 0.25) is 5.02 Å². The molecule has 0 unspecified atom stereocenters. The van der Waals surface area contributed by atoms with Crippen molar-refractivity contribution in [3.63, 3.8) is 0 Å². The average molecular weight is 381 g/mol. The zero-order valence-corrected chi connectivity index (χ0v) is 16.4. The molecule has 0 amide bonds. The second kappa shape index (κ2) is 8.90.